The van der Waals surface area contributed by atoms with E-state index in [-0.39, 0.29) is 0 Å². The Hall–Kier alpha value is -2.10. The smallest absolute Gasteiger partial charge is 0.338 e. The molecule has 4 nitrogen and oxygen atoms in total. The molecule has 0 aliphatic heterocycles. The van der Waals surface area contributed by atoms with Crippen molar-refractivity contribution >= 4 is 17.8 Å². The van der Waals surface area contributed by atoms with Crippen molar-refractivity contribution in [2.24, 2.45) is 0 Å². The average Bonchev–Trinajstić information content (AvgIpc) is 2.37. The fourth-order valence-corrected chi connectivity index (χ4v) is 1.70. The van der Waals surface area contributed by atoms with Crippen LogP contribution in [0, 0.1) is 6.92 Å². The number of methoxy groups -OCH3 is 2. The predicted molar refractivity (Wildman–Crippen MR) is 68.8 cm³/mol. The van der Waals surface area contributed by atoms with Crippen LogP contribution in [0.5, 0.6) is 5.75 Å². The van der Waals surface area contributed by atoms with E-state index in [1.807, 2.05) is 6.92 Å². The summed E-state index contributed by atoms with van der Waals surface area (Å²) in [7, 11) is 2.88. The van der Waals surface area contributed by atoms with Crippen molar-refractivity contribution < 1.29 is 19.1 Å². The Morgan fingerprint density at radius 2 is 1.89 bits per heavy atom. The van der Waals surface area contributed by atoms with Gasteiger partial charge in [-0.3, -0.25) is 4.79 Å². The first-order chi connectivity index (χ1) is 8.54. The number of benzene rings is 1. The summed E-state index contributed by atoms with van der Waals surface area (Å²) in [5.74, 6) is 0.228. The Bertz CT molecular complexity index is 501. The average molecular weight is 248 g/mol. The van der Waals surface area contributed by atoms with Crippen molar-refractivity contribution in [1.82, 2.24) is 0 Å². The quantitative estimate of drug-likeness (QED) is 0.466. The standard InChI is InChI=1S/C14H16O4/c1-9(5-6-15)11-8-13(17-3)10(2)7-12(11)14(16)18-4/h5-8H,1-4H3/b9-5+. The third-order valence-corrected chi connectivity index (χ3v) is 2.68. The summed E-state index contributed by atoms with van der Waals surface area (Å²) in [6, 6.07) is 3.43. The molecule has 0 unspecified atom stereocenters. The summed E-state index contributed by atoms with van der Waals surface area (Å²) in [5, 5.41) is 0. The Labute approximate surface area is 106 Å². The van der Waals surface area contributed by atoms with Gasteiger partial charge in [0, 0.05) is 0 Å². The van der Waals surface area contributed by atoms with Gasteiger partial charge < -0.3 is 9.47 Å². The van der Waals surface area contributed by atoms with E-state index in [0.717, 1.165) is 5.56 Å². The number of hydrogen-bond donors (Lipinski definition) is 0. The Morgan fingerprint density at radius 3 is 2.39 bits per heavy atom. The molecule has 1 aromatic carbocycles. The van der Waals surface area contributed by atoms with Gasteiger partial charge in [-0.15, -0.1) is 0 Å². The van der Waals surface area contributed by atoms with Crippen LogP contribution >= 0.6 is 0 Å². The van der Waals surface area contributed by atoms with Crippen LogP contribution in [0.3, 0.4) is 0 Å². The zero-order valence-corrected chi connectivity index (χ0v) is 10.9. The van der Waals surface area contributed by atoms with Crippen LogP contribution in [0.2, 0.25) is 0 Å². The van der Waals surface area contributed by atoms with E-state index in [9.17, 15) is 9.59 Å². The lowest BCUT2D eigenvalue weighted by molar-refractivity contribution is -0.104. The molecular formula is C14H16O4. The lowest BCUT2D eigenvalue weighted by Gasteiger charge is -2.12. The summed E-state index contributed by atoms with van der Waals surface area (Å²) < 4.78 is 9.95. The maximum Gasteiger partial charge on any atom is 0.338 e. The number of ether oxygens (including phenoxy) is 2. The van der Waals surface area contributed by atoms with Crippen molar-refractivity contribution in [3.8, 4) is 5.75 Å². The molecule has 0 saturated heterocycles. The fourth-order valence-electron chi connectivity index (χ4n) is 1.70. The molecule has 18 heavy (non-hydrogen) atoms. The summed E-state index contributed by atoms with van der Waals surface area (Å²) >= 11 is 0. The molecule has 96 valence electrons. The molecule has 0 aromatic heterocycles. The van der Waals surface area contributed by atoms with Gasteiger partial charge in [0.25, 0.3) is 0 Å². The highest BCUT2D eigenvalue weighted by molar-refractivity contribution is 5.97. The molecule has 0 spiro atoms. The number of carbonyl (C=O) groups is 2. The SMILES string of the molecule is COC(=O)c1cc(C)c(OC)cc1/C(C)=C/C=O. The second-order valence-corrected chi connectivity index (χ2v) is 3.84. The normalized spacial score (nSPS) is 11.0. The van der Waals surface area contributed by atoms with Gasteiger partial charge in [0.2, 0.25) is 0 Å². The molecule has 0 fully saturated rings. The number of allylic oxidation sites excluding steroid dienone is 2. The van der Waals surface area contributed by atoms with Crippen LogP contribution in [-0.2, 0) is 9.53 Å². The van der Waals surface area contributed by atoms with E-state index >= 15 is 0 Å². The van der Waals surface area contributed by atoms with E-state index in [2.05, 4.69) is 0 Å². The molecule has 0 atom stereocenters. The lowest BCUT2D eigenvalue weighted by atomic mass is 9.97. The molecular weight excluding hydrogens is 232 g/mol. The lowest BCUT2D eigenvalue weighted by Crippen LogP contribution is -2.06. The van der Waals surface area contributed by atoms with Crippen molar-refractivity contribution in [3.63, 3.8) is 0 Å². The van der Waals surface area contributed by atoms with Crippen LogP contribution in [0.4, 0.5) is 0 Å². The Kier molecular flexibility index (Phi) is 4.66. The summed E-state index contributed by atoms with van der Waals surface area (Å²) in [5.41, 5.74) is 2.58. The highest BCUT2D eigenvalue weighted by Gasteiger charge is 2.16. The van der Waals surface area contributed by atoms with Crippen LogP contribution in [-0.4, -0.2) is 26.5 Å². The largest absolute Gasteiger partial charge is 0.496 e. The summed E-state index contributed by atoms with van der Waals surface area (Å²) in [6.45, 7) is 3.60. The number of rotatable bonds is 4. The third kappa shape index (κ3) is 2.77. The first-order valence-electron chi connectivity index (χ1n) is 5.44. The molecule has 0 aliphatic carbocycles. The number of aryl methyl sites for hydroxylation is 1. The molecule has 0 aliphatic rings. The minimum Gasteiger partial charge on any atom is -0.496 e. The maximum absolute atomic E-state index is 11.7. The van der Waals surface area contributed by atoms with Crippen molar-refractivity contribution in [3.05, 3.63) is 34.9 Å². The number of carbonyl (C=O) groups excluding carboxylic acids is 2. The van der Waals surface area contributed by atoms with Crippen molar-refractivity contribution in [2.75, 3.05) is 14.2 Å². The van der Waals surface area contributed by atoms with Gasteiger partial charge in [0.15, 0.2) is 0 Å². The fraction of sp³-hybridized carbons (Fsp3) is 0.286. The number of hydrogen-bond acceptors (Lipinski definition) is 4. The first kappa shape index (κ1) is 14.0. The number of esters is 1. The van der Waals surface area contributed by atoms with E-state index < -0.39 is 5.97 Å². The van der Waals surface area contributed by atoms with Gasteiger partial charge in [-0.2, -0.15) is 0 Å². The molecule has 1 rings (SSSR count). The summed E-state index contributed by atoms with van der Waals surface area (Å²) in [4.78, 5) is 22.3. The minimum absolute atomic E-state index is 0.423. The van der Waals surface area contributed by atoms with E-state index in [0.29, 0.717) is 28.7 Å². The van der Waals surface area contributed by atoms with Crippen LogP contribution in [0.25, 0.3) is 5.57 Å². The zero-order valence-electron chi connectivity index (χ0n) is 10.9. The van der Waals surface area contributed by atoms with E-state index in [1.165, 1.54) is 13.2 Å². The van der Waals surface area contributed by atoms with E-state index in [4.69, 9.17) is 9.47 Å². The molecule has 0 radical (unpaired) electrons. The van der Waals surface area contributed by atoms with Crippen molar-refractivity contribution in [2.45, 2.75) is 13.8 Å². The molecule has 0 amide bonds. The van der Waals surface area contributed by atoms with Gasteiger partial charge in [-0.1, -0.05) is 0 Å². The second-order valence-electron chi connectivity index (χ2n) is 3.84. The monoisotopic (exact) mass is 248 g/mol. The topological polar surface area (TPSA) is 52.6 Å². The van der Waals surface area contributed by atoms with Crippen molar-refractivity contribution in [1.29, 1.82) is 0 Å². The van der Waals surface area contributed by atoms with Gasteiger partial charge in [0.1, 0.15) is 12.0 Å². The van der Waals surface area contributed by atoms with Gasteiger partial charge >= 0.3 is 5.97 Å². The van der Waals surface area contributed by atoms with Crippen LogP contribution in [0.15, 0.2) is 18.2 Å². The third-order valence-electron chi connectivity index (χ3n) is 2.68. The zero-order chi connectivity index (χ0) is 13.7. The van der Waals surface area contributed by atoms with Gasteiger partial charge in [-0.25, -0.2) is 4.79 Å². The van der Waals surface area contributed by atoms with Gasteiger partial charge in [-0.05, 0) is 48.8 Å². The Morgan fingerprint density at radius 1 is 1.22 bits per heavy atom. The molecule has 1 aromatic rings. The maximum atomic E-state index is 11.7. The molecule has 0 bridgehead atoms. The molecule has 0 saturated carbocycles. The van der Waals surface area contributed by atoms with E-state index in [1.54, 1.807) is 26.2 Å². The van der Waals surface area contributed by atoms with Crippen LogP contribution in [0.1, 0.15) is 28.4 Å². The first-order valence-corrected chi connectivity index (χ1v) is 5.44. The number of aldehydes is 1. The molecule has 0 N–H and O–H groups in total. The Balaban J connectivity index is 3.48. The minimum atomic E-state index is -0.436. The molecule has 4 heteroatoms. The second kappa shape index (κ2) is 6.00. The molecule has 0 heterocycles. The highest BCUT2D eigenvalue weighted by atomic mass is 16.5. The van der Waals surface area contributed by atoms with Crippen LogP contribution < -0.4 is 4.74 Å². The highest BCUT2D eigenvalue weighted by Crippen LogP contribution is 2.28. The van der Waals surface area contributed by atoms with Gasteiger partial charge in [0.05, 0.1) is 19.8 Å². The predicted octanol–water partition coefficient (Wildman–Crippen LogP) is 2.39. The summed E-state index contributed by atoms with van der Waals surface area (Å²) in [6.07, 6.45) is 2.08.